The van der Waals surface area contributed by atoms with Crippen molar-refractivity contribution in [2.75, 3.05) is 7.11 Å². The topological polar surface area (TPSA) is 76.7 Å². The van der Waals surface area contributed by atoms with Gasteiger partial charge in [0.25, 0.3) is 0 Å². The van der Waals surface area contributed by atoms with Gasteiger partial charge in [0.05, 0.1) is 7.11 Å². The minimum absolute atomic E-state index is 0.296. The summed E-state index contributed by atoms with van der Waals surface area (Å²) >= 11 is 0. The van der Waals surface area contributed by atoms with E-state index in [4.69, 9.17) is 5.84 Å². The molecule has 1 aliphatic heterocycles. The third kappa shape index (κ3) is 1.68. The quantitative estimate of drug-likeness (QED) is 0.296. The van der Waals surface area contributed by atoms with Crippen molar-refractivity contribution in [1.82, 2.24) is 5.43 Å². The van der Waals surface area contributed by atoms with E-state index in [1.54, 1.807) is 0 Å². The number of esters is 1. The van der Waals surface area contributed by atoms with E-state index in [2.05, 4.69) is 15.2 Å². The van der Waals surface area contributed by atoms with E-state index in [0.29, 0.717) is 12.3 Å². The van der Waals surface area contributed by atoms with Gasteiger partial charge in [-0.25, -0.2) is 10.6 Å². The smallest absolute Gasteiger partial charge is 0.330 e. The van der Waals surface area contributed by atoms with E-state index in [1.165, 1.54) is 7.11 Å². The number of carbonyl (C=O) groups is 1. The maximum Gasteiger partial charge on any atom is 0.330 e. The average Bonchev–Trinajstić information content (AvgIpc) is 2.50. The first-order chi connectivity index (χ1) is 5.27. The fourth-order valence-corrected chi connectivity index (χ4v) is 1.01. The van der Waals surface area contributed by atoms with Crippen molar-refractivity contribution in [1.29, 1.82) is 0 Å². The Kier molecular flexibility index (Phi) is 2.43. The van der Waals surface area contributed by atoms with Crippen LogP contribution < -0.4 is 11.3 Å². The number of hydrazine groups is 1. The number of nitrogens with zero attached hydrogens (tertiary/aromatic N) is 1. The summed E-state index contributed by atoms with van der Waals surface area (Å²) in [5, 5.41) is 0. The Labute approximate surface area is 64.6 Å². The summed E-state index contributed by atoms with van der Waals surface area (Å²) in [5.74, 6) is 5.48. The van der Waals surface area contributed by atoms with Gasteiger partial charge in [0.15, 0.2) is 0 Å². The molecule has 1 unspecified atom stereocenters. The molecule has 0 bridgehead atoms. The van der Waals surface area contributed by atoms with Crippen LogP contribution in [0.1, 0.15) is 12.8 Å². The minimum Gasteiger partial charge on any atom is -0.467 e. The molecule has 1 aliphatic rings. The summed E-state index contributed by atoms with van der Waals surface area (Å²) in [6.45, 7) is 0. The molecule has 1 rings (SSSR count). The van der Waals surface area contributed by atoms with E-state index >= 15 is 0 Å². The van der Waals surface area contributed by atoms with E-state index in [1.807, 2.05) is 0 Å². The van der Waals surface area contributed by atoms with Gasteiger partial charge in [-0.05, 0) is 6.42 Å². The number of nitrogens with one attached hydrogen (secondary N) is 1. The highest BCUT2D eigenvalue weighted by molar-refractivity contribution is 5.89. The van der Waals surface area contributed by atoms with E-state index < -0.39 is 0 Å². The molecule has 1 heterocycles. The van der Waals surface area contributed by atoms with E-state index in [9.17, 15) is 4.79 Å². The van der Waals surface area contributed by atoms with Crippen LogP contribution in [-0.4, -0.2) is 25.0 Å². The molecule has 3 N–H and O–H groups in total. The van der Waals surface area contributed by atoms with Gasteiger partial charge in [0.2, 0.25) is 0 Å². The molecule has 0 radical (unpaired) electrons. The van der Waals surface area contributed by atoms with Crippen LogP contribution in [0.2, 0.25) is 0 Å². The maximum absolute atomic E-state index is 10.9. The largest absolute Gasteiger partial charge is 0.467 e. The third-order valence-electron chi connectivity index (χ3n) is 1.61. The first-order valence-electron chi connectivity index (χ1n) is 3.39. The number of rotatable bonds is 1. The van der Waals surface area contributed by atoms with Gasteiger partial charge < -0.3 is 10.2 Å². The zero-order valence-corrected chi connectivity index (χ0v) is 6.33. The van der Waals surface area contributed by atoms with E-state index in [0.717, 1.165) is 6.42 Å². The van der Waals surface area contributed by atoms with Crippen LogP contribution >= 0.6 is 0 Å². The Morgan fingerprint density at radius 1 is 1.91 bits per heavy atom. The first kappa shape index (κ1) is 8.00. The highest BCUT2D eigenvalue weighted by Gasteiger charge is 2.24. The summed E-state index contributed by atoms with van der Waals surface area (Å²) in [7, 11) is 1.35. The number of aliphatic imine (C=N–C) groups is 1. The Morgan fingerprint density at radius 3 is 3.09 bits per heavy atom. The minimum atomic E-state index is -0.356. The van der Waals surface area contributed by atoms with Gasteiger partial charge in [-0.3, -0.25) is 4.99 Å². The fraction of sp³-hybridized carbons (Fsp3) is 0.667. The first-order valence-corrected chi connectivity index (χ1v) is 3.39. The Bertz CT molecular complexity index is 190. The van der Waals surface area contributed by atoms with Gasteiger partial charge in [0, 0.05) is 6.42 Å². The van der Waals surface area contributed by atoms with Crippen LogP contribution in [0.4, 0.5) is 0 Å². The molecular weight excluding hydrogens is 146 g/mol. The molecular formula is C6H11N3O2. The van der Waals surface area contributed by atoms with Gasteiger partial charge in [0.1, 0.15) is 11.9 Å². The summed E-state index contributed by atoms with van der Waals surface area (Å²) in [6.07, 6.45) is 1.41. The number of nitrogens with two attached hydrogens (primary N) is 1. The molecule has 0 aromatic heterocycles. The van der Waals surface area contributed by atoms with Crippen LogP contribution in [0.3, 0.4) is 0 Å². The second-order valence-corrected chi connectivity index (χ2v) is 2.30. The summed E-state index contributed by atoms with van der Waals surface area (Å²) in [5.41, 5.74) is 2.42. The van der Waals surface area contributed by atoms with Crippen molar-refractivity contribution >= 4 is 11.8 Å². The molecule has 1 atom stereocenters. The second kappa shape index (κ2) is 3.34. The third-order valence-corrected chi connectivity index (χ3v) is 1.61. The second-order valence-electron chi connectivity index (χ2n) is 2.30. The zero-order chi connectivity index (χ0) is 8.27. The predicted molar refractivity (Wildman–Crippen MR) is 39.8 cm³/mol. The molecule has 0 aromatic rings. The Balaban J connectivity index is 2.52. The molecule has 0 aliphatic carbocycles. The zero-order valence-electron chi connectivity index (χ0n) is 6.33. The van der Waals surface area contributed by atoms with Gasteiger partial charge in [-0.1, -0.05) is 0 Å². The van der Waals surface area contributed by atoms with Gasteiger partial charge in [-0.15, -0.1) is 0 Å². The summed E-state index contributed by atoms with van der Waals surface area (Å²) in [6, 6.07) is -0.356. The fourth-order valence-electron chi connectivity index (χ4n) is 1.01. The highest BCUT2D eigenvalue weighted by Crippen LogP contribution is 2.12. The standard InChI is InChI=1S/C6H11N3O2/c1-11-6(10)4-2-3-5(8-4)9-7/h4H,2-3,7H2,1H3,(H,8,9). The number of hydrogen-bond donors (Lipinski definition) is 2. The molecule has 62 valence electrons. The number of methoxy groups -OCH3 is 1. The monoisotopic (exact) mass is 157 g/mol. The number of ether oxygens (including phenoxy) is 1. The van der Waals surface area contributed by atoms with Gasteiger partial charge >= 0.3 is 5.97 Å². The lowest BCUT2D eigenvalue weighted by Gasteiger charge is -2.01. The molecule has 0 saturated carbocycles. The molecule has 5 heteroatoms. The molecule has 0 spiro atoms. The average molecular weight is 157 g/mol. The summed E-state index contributed by atoms with van der Waals surface area (Å²) in [4.78, 5) is 14.9. The summed E-state index contributed by atoms with van der Waals surface area (Å²) < 4.78 is 4.51. The predicted octanol–water partition coefficient (Wildman–Crippen LogP) is -0.816. The lowest BCUT2D eigenvalue weighted by molar-refractivity contribution is -0.141. The van der Waals surface area contributed by atoms with Crippen molar-refractivity contribution in [3.63, 3.8) is 0 Å². The molecule has 5 nitrogen and oxygen atoms in total. The Morgan fingerprint density at radius 2 is 2.64 bits per heavy atom. The highest BCUT2D eigenvalue weighted by atomic mass is 16.5. The lowest BCUT2D eigenvalue weighted by Crippen LogP contribution is -2.28. The van der Waals surface area contributed by atoms with Crippen molar-refractivity contribution in [3.05, 3.63) is 0 Å². The molecule has 11 heavy (non-hydrogen) atoms. The van der Waals surface area contributed by atoms with Crippen LogP contribution in [0.5, 0.6) is 0 Å². The number of amidine groups is 1. The molecule has 0 aromatic carbocycles. The maximum atomic E-state index is 10.9. The molecule has 0 amide bonds. The van der Waals surface area contributed by atoms with Gasteiger partial charge in [-0.2, -0.15) is 0 Å². The van der Waals surface area contributed by atoms with Crippen molar-refractivity contribution in [2.24, 2.45) is 10.8 Å². The van der Waals surface area contributed by atoms with Crippen molar-refractivity contribution in [3.8, 4) is 0 Å². The Hall–Kier alpha value is -1.10. The number of carbonyl (C=O) groups excluding carboxylic acids is 1. The van der Waals surface area contributed by atoms with Crippen LogP contribution in [0, 0.1) is 0 Å². The van der Waals surface area contributed by atoms with Crippen LogP contribution in [0.25, 0.3) is 0 Å². The van der Waals surface area contributed by atoms with E-state index in [-0.39, 0.29) is 12.0 Å². The normalized spacial score (nSPS) is 22.7. The molecule has 0 fully saturated rings. The lowest BCUT2D eigenvalue weighted by atomic mass is 10.2. The van der Waals surface area contributed by atoms with Crippen molar-refractivity contribution < 1.29 is 9.53 Å². The van der Waals surface area contributed by atoms with Crippen LogP contribution in [-0.2, 0) is 9.53 Å². The van der Waals surface area contributed by atoms with Crippen LogP contribution in [0.15, 0.2) is 4.99 Å². The number of hydrogen-bond acceptors (Lipinski definition) is 5. The van der Waals surface area contributed by atoms with Crippen molar-refractivity contribution in [2.45, 2.75) is 18.9 Å². The SMILES string of the molecule is COC(=O)C1CCC(NN)=N1. The molecule has 0 saturated heterocycles.